The SMILES string of the molecule is CN=C(NCc1ccc(Cn2ccccc2=O)cc1)NCc1ncc(C)s1.I. The van der Waals surface area contributed by atoms with Gasteiger partial charge in [0, 0.05) is 36.9 Å². The van der Waals surface area contributed by atoms with Gasteiger partial charge in [-0.1, -0.05) is 30.3 Å². The van der Waals surface area contributed by atoms with E-state index in [1.54, 1.807) is 41.3 Å². The van der Waals surface area contributed by atoms with E-state index < -0.39 is 0 Å². The highest BCUT2D eigenvalue weighted by Crippen LogP contribution is 2.10. The first-order valence-electron chi connectivity index (χ1n) is 8.73. The molecule has 1 aromatic carbocycles. The molecule has 28 heavy (non-hydrogen) atoms. The van der Waals surface area contributed by atoms with Crippen LogP contribution in [0.3, 0.4) is 0 Å². The zero-order chi connectivity index (χ0) is 19.1. The highest BCUT2D eigenvalue weighted by Gasteiger charge is 2.03. The topological polar surface area (TPSA) is 71.3 Å². The highest BCUT2D eigenvalue weighted by molar-refractivity contribution is 14.0. The molecule has 2 heterocycles. The van der Waals surface area contributed by atoms with Crippen molar-refractivity contribution in [3.63, 3.8) is 0 Å². The quantitative estimate of drug-likeness (QED) is 0.305. The van der Waals surface area contributed by atoms with Gasteiger partial charge in [-0.05, 0) is 24.1 Å². The van der Waals surface area contributed by atoms with Crippen molar-refractivity contribution < 1.29 is 0 Å². The van der Waals surface area contributed by atoms with E-state index in [9.17, 15) is 4.79 Å². The Hall–Kier alpha value is -2.20. The summed E-state index contributed by atoms with van der Waals surface area (Å²) in [5, 5.41) is 7.61. The number of hydrogen-bond acceptors (Lipinski definition) is 4. The van der Waals surface area contributed by atoms with Crippen molar-refractivity contribution in [2.75, 3.05) is 7.05 Å². The molecule has 3 rings (SSSR count). The summed E-state index contributed by atoms with van der Waals surface area (Å²) in [7, 11) is 1.75. The summed E-state index contributed by atoms with van der Waals surface area (Å²) >= 11 is 1.68. The minimum Gasteiger partial charge on any atom is -0.352 e. The Morgan fingerprint density at radius 3 is 2.46 bits per heavy atom. The Morgan fingerprint density at radius 1 is 1.11 bits per heavy atom. The molecular weight excluding hydrogens is 485 g/mol. The van der Waals surface area contributed by atoms with Crippen molar-refractivity contribution in [2.24, 2.45) is 4.99 Å². The van der Waals surface area contributed by atoms with Crippen LogP contribution in [0, 0.1) is 6.92 Å². The second kappa shape index (κ2) is 11.0. The van der Waals surface area contributed by atoms with Gasteiger partial charge in [0.15, 0.2) is 5.96 Å². The van der Waals surface area contributed by atoms with Crippen LogP contribution in [0.1, 0.15) is 21.0 Å². The molecule has 0 fully saturated rings. The number of halogens is 1. The lowest BCUT2D eigenvalue weighted by atomic mass is 10.1. The fraction of sp³-hybridized carbons (Fsp3) is 0.250. The van der Waals surface area contributed by atoms with Crippen molar-refractivity contribution in [3.05, 3.63) is 86.2 Å². The van der Waals surface area contributed by atoms with E-state index in [4.69, 9.17) is 0 Å². The van der Waals surface area contributed by atoms with Crippen LogP contribution in [-0.2, 0) is 19.6 Å². The molecular formula is C20H24IN5OS. The Labute approximate surface area is 185 Å². The molecule has 8 heteroatoms. The standard InChI is InChI=1S/C20H23N5OS.HI/c1-15-11-22-18(27-15)13-24-20(21-2)23-12-16-6-8-17(9-7-16)14-25-10-4-3-5-19(25)26;/h3-11H,12-14H2,1-2H3,(H2,21,23,24);1H. The fourth-order valence-corrected chi connectivity index (χ4v) is 3.33. The van der Waals surface area contributed by atoms with Gasteiger partial charge in [0.2, 0.25) is 0 Å². The first-order chi connectivity index (χ1) is 13.1. The number of hydrogen-bond donors (Lipinski definition) is 2. The lowest BCUT2D eigenvalue weighted by Gasteiger charge is -2.11. The Morgan fingerprint density at radius 2 is 1.82 bits per heavy atom. The van der Waals surface area contributed by atoms with E-state index in [2.05, 4.69) is 32.7 Å². The van der Waals surface area contributed by atoms with Crippen LogP contribution in [0.2, 0.25) is 0 Å². The maximum absolute atomic E-state index is 11.8. The van der Waals surface area contributed by atoms with Crippen LogP contribution in [0.5, 0.6) is 0 Å². The average Bonchev–Trinajstić information content (AvgIpc) is 3.10. The first kappa shape index (κ1) is 22.1. The second-order valence-electron chi connectivity index (χ2n) is 6.13. The van der Waals surface area contributed by atoms with Gasteiger partial charge in [0.05, 0.1) is 13.1 Å². The number of thiazole rings is 1. The summed E-state index contributed by atoms with van der Waals surface area (Å²) in [4.78, 5) is 21.6. The number of benzene rings is 1. The van der Waals surface area contributed by atoms with Crippen molar-refractivity contribution in [3.8, 4) is 0 Å². The Bertz CT molecular complexity index is 965. The van der Waals surface area contributed by atoms with Crippen molar-refractivity contribution in [2.45, 2.75) is 26.6 Å². The zero-order valence-electron chi connectivity index (χ0n) is 15.9. The van der Waals surface area contributed by atoms with Crippen LogP contribution in [-0.4, -0.2) is 22.6 Å². The number of guanidine groups is 1. The average molecular weight is 509 g/mol. The van der Waals surface area contributed by atoms with Gasteiger partial charge < -0.3 is 15.2 Å². The minimum absolute atomic E-state index is 0. The Balaban J connectivity index is 0.00000280. The van der Waals surface area contributed by atoms with Gasteiger partial charge in [-0.15, -0.1) is 35.3 Å². The molecule has 0 saturated heterocycles. The molecule has 0 spiro atoms. The van der Waals surface area contributed by atoms with Crippen molar-refractivity contribution in [1.29, 1.82) is 0 Å². The Kier molecular flexibility index (Phi) is 8.65. The summed E-state index contributed by atoms with van der Waals surface area (Å²) in [6, 6.07) is 13.4. The van der Waals surface area contributed by atoms with Gasteiger partial charge >= 0.3 is 0 Å². The van der Waals surface area contributed by atoms with E-state index in [-0.39, 0.29) is 29.5 Å². The maximum Gasteiger partial charge on any atom is 0.250 e. The number of aromatic nitrogens is 2. The second-order valence-corrected chi connectivity index (χ2v) is 7.45. The molecule has 0 saturated carbocycles. The predicted octanol–water partition coefficient (Wildman–Crippen LogP) is 3.14. The van der Waals surface area contributed by atoms with E-state index in [1.807, 2.05) is 31.3 Å². The van der Waals surface area contributed by atoms with Crippen LogP contribution in [0.4, 0.5) is 0 Å². The maximum atomic E-state index is 11.8. The number of rotatable bonds is 6. The van der Waals surface area contributed by atoms with Crippen LogP contribution in [0.15, 0.2) is 64.6 Å². The third-order valence-electron chi connectivity index (χ3n) is 4.03. The number of nitrogens with zero attached hydrogens (tertiary/aromatic N) is 3. The van der Waals surface area contributed by atoms with Crippen molar-refractivity contribution in [1.82, 2.24) is 20.2 Å². The van der Waals surface area contributed by atoms with Crippen LogP contribution >= 0.6 is 35.3 Å². The molecule has 0 unspecified atom stereocenters. The minimum atomic E-state index is 0. The summed E-state index contributed by atoms with van der Waals surface area (Å²) < 4.78 is 1.69. The third-order valence-corrected chi connectivity index (χ3v) is 4.95. The molecule has 0 aliphatic carbocycles. The fourth-order valence-electron chi connectivity index (χ4n) is 2.60. The predicted molar refractivity (Wildman–Crippen MR) is 126 cm³/mol. The molecule has 0 radical (unpaired) electrons. The molecule has 0 amide bonds. The lowest BCUT2D eigenvalue weighted by Crippen LogP contribution is -2.36. The van der Waals surface area contributed by atoms with Crippen LogP contribution < -0.4 is 16.2 Å². The molecule has 0 atom stereocenters. The summed E-state index contributed by atoms with van der Waals surface area (Å²) in [6.07, 6.45) is 3.68. The van der Waals surface area contributed by atoms with Crippen molar-refractivity contribution >= 4 is 41.3 Å². The monoisotopic (exact) mass is 509 g/mol. The largest absolute Gasteiger partial charge is 0.352 e. The van der Waals surface area contributed by atoms with E-state index in [0.29, 0.717) is 19.6 Å². The summed E-state index contributed by atoms with van der Waals surface area (Å²) in [5.74, 6) is 0.739. The summed E-state index contributed by atoms with van der Waals surface area (Å²) in [6.45, 7) is 3.95. The van der Waals surface area contributed by atoms with E-state index in [1.165, 1.54) is 4.88 Å². The normalized spacial score (nSPS) is 11.0. The number of pyridine rings is 1. The molecule has 0 bridgehead atoms. The lowest BCUT2D eigenvalue weighted by molar-refractivity contribution is 0.758. The number of aryl methyl sites for hydroxylation is 1. The molecule has 3 aromatic rings. The molecule has 2 N–H and O–H groups in total. The molecule has 6 nitrogen and oxygen atoms in total. The van der Waals surface area contributed by atoms with Crippen LogP contribution in [0.25, 0.3) is 0 Å². The smallest absolute Gasteiger partial charge is 0.250 e. The summed E-state index contributed by atoms with van der Waals surface area (Å²) in [5.41, 5.74) is 2.24. The van der Waals surface area contributed by atoms with Gasteiger partial charge in [0.25, 0.3) is 5.56 Å². The molecule has 0 aliphatic heterocycles. The van der Waals surface area contributed by atoms with E-state index >= 15 is 0 Å². The van der Waals surface area contributed by atoms with Gasteiger partial charge in [0.1, 0.15) is 5.01 Å². The van der Waals surface area contributed by atoms with Gasteiger partial charge in [-0.25, -0.2) is 4.98 Å². The number of aliphatic imine (C=N–C) groups is 1. The molecule has 148 valence electrons. The third kappa shape index (κ3) is 6.45. The van der Waals surface area contributed by atoms with Gasteiger partial charge in [-0.2, -0.15) is 0 Å². The molecule has 0 aliphatic rings. The van der Waals surface area contributed by atoms with Gasteiger partial charge in [-0.3, -0.25) is 9.79 Å². The highest BCUT2D eigenvalue weighted by atomic mass is 127. The van der Waals surface area contributed by atoms with E-state index in [0.717, 1.165) is 22.1 Å². The zero-order valence-corrected chi connectivity index (χ0v) is 19.0. The number of nitrogens with one attached hydrogen (secondary N) is 2. The molecule has 2 aromatic heterocycles. The first-order valence-corrected chi connectivity index (χ1v) is 9.55.